The van der Waals surface area contributed by atoms with E-state index >= 15 is 0 Å². The lowest BCUT2D eigenvalue weighted by atomic mass is 9.94. The molecule has 0 aliphatic heterocycles. The molecule has 0 aromatic carbocycles. The zero-order valence-electron chi connectivity index (χ0n) is 11.2. The van der Waals surface area contributed by atoms with Gasteiger partial charge in [0.25, 0.3) is 5.91 Å². The predicted molar refractivity (Wildman–Crippen MR) is 74.9 cm³/mol. The molecule has 1 aliphatic carbocycles. The average molecular weight is 298 g/mol. The van der Waals surface area contributed by atoms with Crippen LogP contribution >= 0.6 is 11.6 Å². The summed E-state index contributed by atoms with van der Waals surface area (Å²) in [5.41, 5.74) is -0.412. The molecule has 0 unspecified atom stereocenters. The molecule has 7 heteroatoms. The summed E-state index contributed by atoms with van der Waals surface area (Å²) in [6, 6.07) is 1.49. The lowest BCUT2D eigenvalue weighted by Crippen LogP contribution is -2.38. The van der Waals surface area contributed by atoms with Crippen LogP contribution in [0.4, 0.5) is 5.69 Å². The molecular weight excluding hydrogens is 282 g/mol. The summed E-state index contributed by atoms with van der Waals surface area (Å²) >= 11 is 5.74. The van der Waals surface area contributed by atoms with E-state index in [1.165, 1.54) is 18.7 Å². The standard InChI is InChI=1S/C13H16ClN3O3/c1-16(9-5-3-2-4-6-9)13(18)10-7-8-15-12(14)11(10)17(19)20/h7-9H,2-6H2,1H3. The van der Waals surface area contributed by atoms with Gasteiger partial charge in [0.15, 0.2) is 0 Å². The highest BCUT2D eigenvalue weighted by molar-refractivity contribution is 6.32. The van der Waals surface area contributed by atoms with E-state index in [-0.39, 0.29) is 22.7 Å². The molecule has 20 heavy (non-hydrogen) atoms. The van der Waals surface area contributed by atoms with Crippen molar-refractivity contribution in [3.8, 4) is 0 Å². The Balaban J connectivity index is 2.28. The van der Waals surface area contributed by atoms with Crippen LogP contribution in [0.2, 0.25) is 5.15 Å². The first-order valence-electron chi connectivity index (χ1n) is 6.58. The number of hydrogen-bond acceptors (Lipinski definition) is 4. The Labute approximate surface area is 121 Å². The van der Waals surface area contributed by atoms with Gasteiger partial charge in [-0.15, -0.1) is 0 Å². The molecule has 1 fully saturated rings. The number of carbonyl (C=O) groups excluding carboxylic acids is 1. The number of rotatable bonds is 3. The molecule has 0 atom stereocenters. The number of halogens is 1. The van der Waals surface area contributed by atoms with Crippen molar-refractivity contribution in [3.63, 3.8) is 0 Å². The Hall–Kier alpha value is -1.69. The number of hydrogen-bond donors (Lipinski definition) is 0. The molecule has 2 rings (SSSR count). The van der Waals surface area contributed by atoms with Crippen molar-refractivity contribution in [1.29, 1.82) is 0 Å². The van der Waals surface area contributed by atoms with Crippen molar-refractivity contribution >= 4 is 23.2 Å². The maximum Gasteiger partial charge on any atom is 0.319 e. The molecule has 1 aromatic rings. The summed E-state index contributed by atoms with van der Waals surface area (Å²) in [5, 5.41) is 10.8. The van der Waals surface area contributed by atoms with E-state index in [9.17, 15) is 14.9 Å². The maximum atomic E-state index is 12.5. The van der Waals surface area contributed by atoms with Gasteiger partial charge < -0.3 is 4.90 Å². The largest absolute Gasteiger partial charge is 0.339 e. The van der Waals surface area contributed by atoms with Gasteiger partial charge in [-0.3, -0.25) is 14.9 Å². The van der Waals surface area contributed by atoms with Crippen molar-refractivity contribution in [3.05, 3.63) is 33.1 Å². The van der Waals surface area contributed by atoms with Gasteiger partial charge in [-0.1, -0.05) is 30.9 Å². The van der Waals surface area contributed by atoms with Gasteiger partial charge in [0, 0.05) is 19.3 Å². The molecule has 0 radical (unpaired) electrons. The minimum atomic E-state index is -0.655. The van der Waals surface area contributed by atoms with Crippen molar-refractivity contribution in [2.24, 2.45) is 0 Å². The van der Waals surface area contributed by atoms with Gasteiger partial charge in [0.05, 0.1) is 4.92 Å². The number of amides is 1. The van der Waals surface area contributed by atoms with Crippen LogP contribution in [0.1, 0.15) is 42.5 Å². The third-order valence-corrected chi connectivity index (χ3v) is 4.01. The normalized spacial score (nSPS) is 15.9. The lowest BCUT2D eigenvalue weighted by molar-refractivity contribution is -0.385. The third-order valence-electron chi connectivity index (χ3n) is 3.74. The Morgan fingerprint density at radius 3 is 2.70 bits per heavy atom. The molecule has 108 valence electrons. The zero-order chi connectivity index (χ0) is 14.7. The molecule has 1 heterocycles. The van der Waals surface area contributed by atoms with Crippen molar-refractivity contribution in [2.75, 3.05) is 7.05 Å². The van der Waals surface area contributed by atoms with Gasteiger partial charge in [-0.05, 0) is 18.9 Å². The van der Waals surface area contributed by atoms with E-state index in [4.69, 9.17) is 11.6 Å². The Morgan fingerprint density at radius 2 is 2.10 bits per heavy atom. The molecule has 1 amide bonds. The highest BCUT2D eigenvalue weighted by Gasteiger charge is 2.30. The van der Waals surface area contributed by atoms with Crippen LogP contribution in [-0.4, -0.2) is 33.8 Å². The predicted octanol–water partition coefficient (Wildman–Crippen LogP) is 3.05. The number of nitrogens with zero attached hydrogens (tertiary/aromatic N) is 3. The highest BCUT2D eigenvalue weighted by atomic mass is 35.5. The van der Waals surface area contributed by atoms with Gasteiger partial charge in [-0.25, -0.2) is 4.98 Å². The molecule has 0 spiro atoms. The molecule has 1 saturated carbocycles. The zero-order valence-corrected chi connectivity index (χ0v) is 12.0. The summed E-state index contributed by atoms with van der Waals surface area (Å²) in [4.78, 5) is 28.1. The second kappa shape index (κ2) is 6.17. The van der Waals surface area contributed by atoms with E-state index in [1.807, 2.05) is 0 Å². The van der Waals surface area contributed by atoms with Crippen LogP contribution in [0, 0.1) is 10.1 Å². The molecular formula is C13H16ClN3O3. The van der Waals surface area contributed by atoms with Gasteiger partial charge in [0.1, 0.15) is 5.56 Å². The van der Waals surface area contributed by atoms with Gasteiger partial charge in [-0.2, -0.15) is 0 Å². The van der Waals surface area contributed by atoms with E-state index in [1.54, 1.807) is 11.9 Å². The van der Waals surface area contributed by atoms with E-state index in [0.717, 1.165) is 25.7 Å². The lowest BCUT2D eigenvalue weighted by Gasteiger charge is -2.31. The van der Waals surface area contributed by atoms with E-state index in [0.29, 0.717) is 0 Å². The second-order valence-corrected chi connectivity index (χ2v) is 5.32. The number of nitro groups is 1. The average Bonchev–Trinajstić information content (AvgIpc) is 2.46. The highest BCUT2D eigenvalue weighted by Crippen LogP contribution is 2.29. The first kappa shape index (κ1) is 14.7. The van der Waals surface area contributed by atoms with Crippen LogP contribution in [0.3, 0.4) is 0 Å². The fraction of sp³-hybridized carbons (Fsp3) is 0.538. The molecule has 1 aromatic heterocycles. The van der Waals surface area contributed by atoms with Crippen molar-refractivity contribution < 1.29 is 9.72 Å². The summed E-state index contributed by atoms with van der Waals surface area (Å²) < 4.78 is 0. The topological polar surface area (TPSA) is 76.3 Å². The molecule has 0 saturated heterocycles. The molecule has 0 N–H and O–H groups in total. The smallest absolute Gasteiger partial charge is 0.319 e. The van der Waals surface area contributed by atoms with Crippen LogP contribution in [0.15, 0.2) is 12.3 Å². The molecule has 0 bridgehead atoms. The van der Waals surface area contributed by atoms with E-state index < -0.39 is 10.6 Å². The first-order valence-corrected chi connectivity index (χ1v) is 6.96. The molecule has 6 nitrogen and oxygen atoms in total. The number of pyridine rings is 1. The SMILES string of the molecule is CN(C(=O)c1ccnc(Cl)c1[N+](=O)[O-])C1CCCCC1. The van der Waals surface area contributed by atoms with Crippen LogP contribution in [0.5, 0.6) is 0 Å². The number of carbonyl (C=O) groups is 1. The second-order valence-electron chi connectivity index (χ2n) is 4.96. The summed E-state index contributed by atoms with van der Waals surface area (Å²) in [7, 11) is 1.69. The monoisotopic (exact) mass is 297 g/mol. The first-order chi connectivity index (χ1) is 9.52. The van der Waals surface area contributed by atoms with Crippen molar-refractivity contribution in [2.45, 2.75) is 38.1 Å². The summed E-state index contributed by atoms with van der Waals surface area (Å²) in [6.45, 7) is 0. The van der Waals surface area contributed by atoms with Crippen LogP contribution < -0.4 is 0 Å². The molecule has 1 aliphatic rings. The summed E-state index contributed by atoms with van der Waals surface area (Å²) in [6.07, 6.45) is 6.55. The Bertz CT molecular complexity index is 530. The fourth-order valence-corrected chi connectivity index (χ4v) is 2.83. The minimum absolute atomic E-state index is 0.00285. The minimum Gasteiger partial charge on any atom is -0.339 e. The van der Waals surface area contributed by atoms with Gasteiger partial charge >= 0.3 is 5.69 Å². The third kappa shape index (κ3) is 2.90. The number of aromatic nitrogens is 1. The fourth-order valence-electron chi connectivity index (χ4n) is 2.60. The quantitative estimate of drug-likeness (QED) is 0.488. The summed E-state index contributed by atoms with van der Waals surface area (Å²) in [5.74, 6) is -0.368. The van der Waals surface area contributed by atoms with Crippen LogP contribution in [0.25, 0.3) is 0 Å². The Kier molecular flexibility index (Phi) is 4.54. The maximum absolute atomic E-state index is 12.5. The van der Waals surface area contributed by atoms with Crippen LogP contribution in [-0.2, 0) is 0 Å². The van der Waals surface area contributed by atoms with Gasteiger partial charge in [0.2, 0.25) is 5.15 Å². The Morgan fingerprint density at radius 1 is 1.45 bits per heavy atom. The van der Waals surface area contributed by atoms with E-state index in [2.05, 4.69) is 4.98 Å². The van der Waals surface area contributed by atoms with Crippen molar-refractivity contribution in [1.82, 2.24) is 9.88 Å².